The molecule has 0 aromatic carbocycles. The number of esters is 4. The molecular weight excluding hydrogens is 1260 g/mol. The maximum absolute atomic E-state index is 13.1. The van der Waals surface area contributed by atoms with Crippen molar-refractivity contribution in [2.24, 2.45) is 0 Å². The number of hydrogen-bond donors (Lipinski definition) is 3. The van der Waals surface area contributed by atoms with E-state index < -0.39 is 97.5 Å². The Hall–Kier alpha value is -1.94. The van der Waals surface area contributed by atoms with Crippen LogP contribution in [0.25, 0.3) is 0 Å². The van der Waals surface area contributed by atoms with Crippen molar-refractivity contribution in [1.82, 2.24) is 0 Å². The molecule has 5 atom stereocenters. The molecule has 0 aliphatic carbocycles. The Labute approximate surface area is 588 Å². The lowest BCUT2D eigenvalue weighted by molar-refractivity contribution is -0.161. The van der Waals surface area contributed by atoms with Crippen molar-refractivity contribution >= 4 is 39.5 Å². The van der Waals surface area contributed by atoms with Gasteiger partial charge in [-0.3, -0.25) is 37.3 Å². The highest BCUT2D eigenvalue weighted by atomic mass is 31.2. The van der Waals surface area contributed by atoms with Crippen LogP contribution in [0.2, 0.25) is 0 Å². The molecule has 0 aromatic rings. The minimum atomic E-state index is -4.96. The molecule has 0 rings (SSSR count). The minimum absolute atomic E-state index is 0.109. The van der Waals surface area contributed by atoms with Gasteiger partial charge in [-0.05, 0) is 25.7 Å². The first-order valence-electron chi connectivity index (χ1n) is 40.3. The first-order chi connectivity index (χ1) is 46.7. The van der Waals surface area contributed by atoms with Crippen molar-refractivity contribution in [2.75, 3.05) is 39.6 Å². The lowest BCUT2D eigenvalue weighted by atomic mass is 10.0. The van der Waals surface area contributed by atoms with Gasteiger partial charge in [0.2, 0.25) is 0 Å². The SMILES string of the molecule is CCCCCCCCCCCCCCCCCCCC(=O)O[C@H](COC(=O)CCCCCCCCCCCCCCC)COP(=O)(O)OC[C@@H](O)COP(=O)(O)OC[C@@H](COC(=O)CCCCCCCCCCCCCCC)OC(=O)CCCCCCCCCCCCCCC. The van der Waals surface area contributed by atoms with Crippen LogP contribution in [-0.4, -0.2) is 96.7 Å². The predicted molar refractivity (Wildman–Crippen MR) is 391 cm³/mol. The quantitative estimate of drug-likeness (QED) is 0.0222. The summed E-state index contributed by atoms with van der Waals surface area (Å²) in [7, 11) is -9.91. The summed E-state index contributed by atoms with van der Waals surface area (Å²) in [5.74, 6) is -2.11. The van der Waals surface area contributed by atoms with Gasteiger partial charge >= 0.3 is 39.5 Å². The average Bonchev–Trinajstić information content (AvgIpc) is 1.26. The minimum Gasteiger partial charge on any atom is -0.462 e. The van der Waals surface area contributed by atoms with Gasteiger partial charge in [-0.1, -0.05) is 362 Å². The van der Waals surface area contributed by atoms with E-state index in [1.165, 1.54) is 244 Å². The van der Waals surface area contributed by atoms with E-state index in [2.05, 4.69) is 27.7 Å². The summed E-state index contributed by atoms with van der Waals surface area (Å²) in [5.41, 5.74) is 0. The second-order valence-electron chi connectivity index (χ2n) is 27.7. The van der Waals surface area contributed by atoms with E-state index in [0.29, 0.717) is 25.7 Å². The zero-order valence-corrected chi connectivity index (χ0v) is 64.1. The summed E-state index contributed by atoms with van der Waals surface area (Å²) in [5, 5.41) is 10.6. The number of carbonyl (C=O) groups excluding carboxylic acids is 4. The fourth-order valence-electron chi connectivity index (χ4n) is 11.9. The largest absolute Gasteiger partial charge is 0.472 e. The van der Waals surface area contributed by atoms with Gasteiger partial charge in [0.15, 0.2) is 12.2 Å². The number of phosphoric ester groups is 2. The van der Waals surface area contributed by atoms with Crippen molar-refractivity contribution < 1.29 is 80.2 Å². The molecule has 0 aliphatic rings. The van der Waals surface area contributed by atoms with E-state index in [1.807, 2.05) is 0 Å². The lowest BCUT2D eigenvalue weighted by Crippen LogP contribution is -2.30. The molecule has 2 unspecified atom stereocenters. The first-order valence-corrected chi connectivity index (χ1v) is 43.3. The molecule has 0 heterocycles. The van der Waals surface area contributed by atoms with Crippen molar-refractivity contribution in [3.63, 3.8) is 0 Å². The van der Waals surface area contributed by atoms with E-state index in [4.69, 9.17) is 37.0 Å². The molecular formula is C77H150O17P2. The van der Waals surface area contributed by atoms with Crippen molar-refractivity contribution in [3.8, 4) is 0 Å². The number of unbranched alkanes of at least 4 members (excludes halogenated alkanes) is 52. The third-order valence-electron chi connectivity index (χ3n) is 18.1. The van der Waals surface area contributed by atoms with Gasteiger partial charge in [0.25, 0.3) is 0 Å². The Kier molecular flexibility index (Phi) is 70.0. The third-order valence-corrected chi connectivity index (χ3v) is 20.0. The Bertz CT molecular complexity index is 1830. The standard InChI is InChI=1S/C77H150O17P2/c1-5-9-13-17-21-25-29-33-34-35-36-40-44-48-52-56-60-64-77(82)94-73(68-88-75(80)62-58-54-50-46-42-38-31-27-23-19-15-11-7-3)70-92-96(85,86)90-66-71(78)65-89-95(83,84)91-69-72(93-76(81)63-59-55-51-47-43-39-32-28-24-20-16-12-8-4)67-87-74(79)61-57-53-49-45-41-37-30-26-22-18-14-10-6-2/h71-73,78H,5-70H2,1-4H3,(H,83,84)(H,85,86)/t71-,72+,73+/m0/s1. The summed E-state index contributed by atoms with van der Waals surface area (Å²) in [6.45, 7) is 5.01. The fraction of sp³-hybridized carbons (Fsp3) is 0.948. The molecule has 0 saturated heterocycles. The normalized spacial score (nSPS) is 13.9. The van der Waals surface area contributed by atoms with Gasteiger partial charge in [0.05, 0.1) is 26.4 Å². The molecule has 0 fully saturated rings. The van der Waals surface area contributed by atoms with Gasteiger partial charge in [0.1, 0.15) is 19.3 Å². The maximum atomic E-state index is 13.1. The zero-order valence-electron chi connectivity index (χ0n) is 62.4. The molecule has 19 heteroatoms. The van der Waals surface area contributed by atoms with Crippen LogP contribution in [0.1, 0.15) is 413 Å². The monoisotopic (exact) mass is 1410 g/mol. The van der Waals surface area contributed by atoms with Crippen molar-refractivity contribution in [1.29, 1.82) is 0 Å². The highest BCUT2D eigenvalue weighted by Gasteiger charge is 2.30. The van der Waals surface area contributed by atoms with Crippen molar-refractivity contribution in [3.05, 3.63) is 0 Å². The Morgan fingerprint density at radius 1 is 0.250 bits per heavy atom. The van der Waals surface area contributed by atoms with Gasteiger partial charge in [0, 0.05) is 25.7 Å². The number of hydrogen-bond acceptors (Lipinski definition) is 15. The fourth-order valence-corrected chi connectivity index (χ4v) is 13.5. The van der Waals surface area contributed by atoms with Gasteiger partial charge in [-0.15, -0.1) is 0 Å². The van der Waals surface area contributed by atoms with Crippen LogP contribution < -0.4 is 0 Å². The van der Waals surface area contributed by atoms with Crippen LogP contribution in [0.3, 0.4) is 0 Å². The number of carbonyl (C=O) groups is 4. The van der Waals surface area contributed by atoms with E-state index in [9.17, 15) is 43.2 Å². The van der Waals surface area contributed by atoms with E-state index in [-0.39, 0.29) is 25.7 Å². The number of aliphatic hydroxyl groups excluding tert-OH is 1. The smallest absolute Gasteiger partial charge is 0.462 e. The molecule has 0 saturated carbocycles. The summed E-state index contributed by atoms with van der Waals surface area (Å²) >= 11 is 0. The van der Waals surface area contributed by atoms with E-state index in [0.717, 1.165) is 89.9 Å². The molecule has 0 amide bonds. The molecule has 0 aromatic heterocycles. The van der Waals surface area contributed by atoms with Gasteiger partial charge in [-0.2, -0.15) is 0 Å². The topological polar surface area (TPSA) is 237 Å². The lowest BCUT2D eigenvalue weighted by Gasteiger charge is -2.21. The van der Waals surface area contributed by atoms with E-state index in [1.54, 1.807) is 0 Å². The second-order valence-corrected chi connectivity index (χ2v) is 30.7. The average molecular weight is 1410 g/mol. The Morgan fingerprint density at radius 2 is 0.417 bits per heavy atom. The molecule has 3 N–H and O–H groups in total. The Morgan fingerprint density at radius 3 is 0.615 bits per heavy atom. The molecule has 0 bridgehead atoms. The van der Waals surface area contributed by atoms with Crippen LogP contribution in [0.4, 0.5) is 0 Å². The van der Waals surface area contributed by atoms with Crippen LogP contribution in [0.15, 0.2) is 0 Å². The molecule has 0 spiro atoms. The summed E-state index contributed by atoms with van der Waals surface area (Å²) in [6, 6.07) is 0. The van der Waals surface area contributed by atoms with Crippen LogP contribution in [-0.2, 0) is 65.4 Å². The number of phosphoric acid groups is 2. The molecule has 570 valence electrons. The van der Waals surface area contributed by atoms with Crippen molar-refractivity contribution in [2.45, 2.75) is 431 Å². The summed E-state index contributed by atoms with van der Waals surface area (Å²) < 4.78 is 68.6. The number of aliphatic hydroxyl groups is 1. The summed E-state index contributed by atoms with van der Waals surface area (Å²) in [6.07, 6.45) is 62.2. The highest BCUT2D eigenvalue weighted by Crippen LogP contribution is 2.45. The Balaban J connectivity index is 5.25. The molecule has 96 heavy (non-hydrogen) atoms. The van der Waals surface area contributed by atoms with Gasteiger partial charge in [-0.25, -0.2) is 9.13 Å². The third kappa shape index (κ3) is 70.5. The van der Waals surface area contributed by atoms with Crippen LogP contribution in [0.5, 0.6) is 0 Å². The second kappa shape index (κ2) is 71.5. The number of rotatable bonds is 78. The highest BCUT2D eigenvalue weighted by molar-refractivity contribution is 7.47. The van der Waals surface area contributed by atoms with Crippen LogP contribution in [0, 0.1) is 0 Å². The number of ether oxygens (including phenoxy) is 4. The zero-order chi connectivity index (χ0) is 70.4. The molecule has 17 nitrogen and oxygen atoms in total. The predicted octanol–water partition coefficient (Wildman–Crippen LogP) is 23.0. The van der Waals surface area contributed by atoms with Crippen LogP contribution >= 0.6 is 15.6 Å². The van der Waals surface area contributed by atoms with E-state index >= 15 is 0 Å². The maximum Gasteiger partial charge on any atom is 0.472 e. The summed E-state index contributed by atoms with van der Waals surface area (Å²) in [4.78, 5) is 72.9. The molecule has 0 radical (unpaired) electrons. The molecule has 0 aliphatic heterocycles. The first kappa shape index (κ1) is 94.1. The van der Waals surface area contributed by atoms with Gasteiger partial charge < -0.3 is 33.8 Å².